The van der Waals surface area contributed by atoms with E-state index >= 15 is 0 Å². The van der Waals surface area contributed by atoms with Gasteiger partial charge in [0, 0.05) is 7.11 Å². The highest BCUT2D eigenvalue weighted by atomic mass is 16.5. The standard InChI is InChI=1S/C21H25NO5/c1-4-25-18-9-10-20(22-15-18)19(21(23)26-5-2)14-16-7-6-8-17(13-16)27-12-11-24-3/h6-10,13-15H,4-5,11-12H2,1-3H3/b19-14-. The van der Waals surface area contributed by atoms with Gasteiger partial charge in [-0.2, -0.15) is 0 Å². The van der Waals surface area contributed by atoms with Crippen LogP contribution in [0, 0.1) is 0 Å². The number of hydrogen-bond donors (Lipinski definition) is 0. The van der Waals surface area contributed by atoms with E-state index in [9.17, 15) is 4.79 Å². The molecule has 0 atom stereocenters. The number of methoxy groups -OCH3 is 1. The van der Waals surface area contributed by atoms with Crippen LogP contribution in [0.1, 0.15) is 25.1 Å². The Balaban J connectivity index is 2.30. The van der Waals surface area contributed by atoms with Gasteiger partial charge in [-0.15, -0.1) is 0 Å². The molecule has 0 aliphatic rings. The van der Waals surface area contributed by atoms with E-state index in [0.29, 0.717) is 42.6 Å². The first-order valence-corrected chi connectivity index (χ1v) is 8.87. The monoisotopic (exact) mass is 371 g/mol. The molecule has 0 aliphatic carbocycles. The van der Waals surface area contributed by atoms with E-state index in [2.05, 4.69) is 4.98 Å². The maximum absolute atomic E-state index is 12.4. The summed E-state index contributed by atoms with van der Waals surface area (Å²) in [5.41, 5.74) is 1.69. The normalized spacial score (nSPS) is 11.1. The van der Waals surface area contributed by atoms with E-state index in [0.717, 1.165) is 5.56 Å². The molecule has 0 N–H and O–H groups in total. The summed E-state index contributed by atoms with van der Waals surface area (Å²) in [6, 6.07) is 11.0. The quantitative estimate of drug-likeness (QED) is 0.361. The average molecular weight is 371 g/mol. The van der Waals surface area contributed by atoms with Gasteiger partial charge >= 0.3 is 5.97 Å². The van der Waals surface area contributed by atoms with Crippen molar-refractivity contribution in [2.24, 2.45) is 0 Å². The number of ether oxygens (including phenoxy) is 4. The SMILES string of the molecule is CCOC(=O)/C(=C\c1cccc(OCCOC)c1)c1ccc(OCC)cn1. The highest BCUT2D eigenvalue weighted by Gasteiger charge is 2.15. The molecule has 0 spiro atoms. The Morgan fingerprint density at radius 3 is 2.56 bits per heavy atom. The predicted octanol–water partition coefficient (Wildman–Crippen LogP) is 3.61. The molecule has 1 aromatic heterocycles. The molecule has 0 unspecified atom stereocenters. The third-order valence-electron chi connectivity index (χ3n) is 3.54. The summed E-state index contributed by atoms with van der Waals surface area (Å²) in [5, 5.41) is 0. The van der Waals surface area contributed by atoms with Gasteiger partial charge < -0.3 is 18.9 Å². The number of rotatable bonds is 10. The maximum atomic E-state index is 12.4. The Hall–Kier alpha value is -2.86. The van der Waals surface area contributed by atoms with Gasteiger partial charge in [0.1, 0.15) is 18.1 Å². The molecule has 2 aromatic rings. The van der Waals surface area contributed by atoms with Gasteiger partial charge in [0.15, 0.2) is 0 Å². The molecule has 0 saturated carbocycles. The van der Waals surface area contributed by atoms with Gasteiger partial charge in [0.2, 0.25) is 0 Å². The molecule has 6 heteroatoms. The van der Waals surface area contributed by atoms with Gasteiger partial charge in [0.05, 0.1) is 37.3 Å². The fraction of sp³-hybridized carbons (Fsp3) is 0.333. The molecule has 0 amide bonds. The lowest BCUT2D eigenvalue weighted by atomic mass is 10.1. The summed E-state index contributed by atoms with van der Waals surface area (Å²) >= 11 is 0. The highest BCUT2D eigenvalue weighted by Crippen LogP contribution is 2.22. The predicted molar refractivity (Wildman–Crippen MR) is 104 cm³/mol. The number of benzene rings is 1. The summed E-state index contributed by atoms with van der Waals surface area (Å²) in [4.78, 5) is 16.8. The fourth-order valence-corrected chi connectivity index (χ4v) is 2.34. The largest absolute Gasteiger partial charge is 0.492 e. The number of aromatic nitrogens is 1. The first kappa shape index (κ1) is 20.5. The Labute approximate surface area is 159 Å². The topological polar surface area (TPSA) is 66.9 Å². The number of carbonyl (C=O) groups excluding carboxylic acids is 1. The zero-order valence-corrected chi connectivity index (χ0v) is 15.9. The summed E-state index contributed by atoms with van der Waals surface area (Å²) < 4.78 is 21.2. The zero-order valence-electron chi connectivity index (χ0n) is 15.9. The van der Waals surface area contributed by atoms with Gasteiger partial charge in [-0.3, -0.25) is 4.98 Å². The second kappa shape index (κ2) is 11.0. The van der Waals surface area contributed by atoms with Gasteiger partial charge in [-0.05, 0) is 49.8 Å². The number of pyridine rings is 1. The molecular weight excluding hydrogens is 346 g/mol. The summed E-state index contributed by atoms with van der Waals surface area (Å²) in [5.74, 6) is 0.918. The van der Waals surface area contributed by atoms with E-state index in [1.54, 1.807) is 38.4 Å². The van der Waals surface area contributed by atoms with Crippen molar-refractivity contribution in [2.75, 3.05) is 33.5 Å². The molecular formula is C21H25NO5. The first-order chi connectivity index (χ1) is 13.2. The summed E-state index contributed by atoms with van der Waals surface area (Å²) in [6.07, 6.45) is 3.33. The van der Waals surface area contributed by atoms with Crippen LogP contribution >= 0.6 is 0 Å². The minimum atomic E-state index is -0.431. The molecule has 0 aliphatic heterocycles. The number of hydrogen-bond acceptors (Lipinski definition) is 6. The van der Waals surface area contributed by atoms with Gasteiger partial charge in [-0.25, -0.2) is 4.79 Å². The maximum Gasteiger partial charge on any atom is 0.340 e. The second-order valence-electron chi connectivity index (χ2n) is 5.50. The van der Waals surface area contributed by atoms with Crippen LogP contribution in [0.2, 0.25) is 0 Å². The molecule has 0 fully saturated rings. The molecule has 0 saturated heterocycles. The second-order valence-corrected chi connectivity index (χ2v) is 5.50. The van der Waals surface area contributed by atoms with Crippen LogP contribution in [0.15, 0.2) is 42.6 Å². The lowest BCUT2D eigenvalue weighted by molar-refractivity contribution is -0.136. The smallest absolute Gasteiger partial charge is 0.340 e. The summed E-state index contributed by atoms with van der Waals surface area (Å²) in [7, 11) is 1.62. The van der Waals surface area contributed by atoms with Crippen LogP contribution < -0.4 is 9.47 Å². The molecule has 2 rings (SSSR count). The molecule has 1 heterocycles. The van der Waals surface area contributed by atoms with Crippen LogP contribution in [0.5, 0.6) is 11.5 Å². The van der Waals surface area contributed by atoms with E-state index in [-0.39, 0.29) is 6.61 Å². The van der Waals surface area contributed by atoms with E-state index in [1.165, 1.54) is 0 Å². The van der Waals surface area contributed by atoms with Crippen molar-refractivity contribution in [1.82, 2.24) is 4.98 Å². The van der Waals surface area contributed by atoms with Crippen LogP contribution in [0.25, 0.3) is 11.6 Å². The van der Waals surface area contributed by atoms with Crippen LogP contribution in [-0.4, -0.2) is 44.5 Å². The van der Waals surface area contributed by atoms with Crippen LogP contribution in [0.4, 0.5) is 0 Å². The number of carbonyl (C=O) groups is 1. The number of nitrogens with zero attached hydrogens (tertiary/aromatic N) is 1. The van der Waals surface area contributed by atoms with Crippen molar-refractivity contribution in [1.29, 1.82) is 0 Å². The highest BCUT2D eigenvalue weighted by molar-refractivity contribution is 6.21. The first-order valence-electron chi connectivity index (χ1n) is 8.87. The number of esters is 1. The van der Waals surface area contributed by atoms with Gasteiger partial charge in [-0.1, -0.05) is 12.1 Å². The lowest BCUT2D eigenvalue weighted by Gasteiger charge is -2.09. The Kier molecular flexibility index (Phi) is 8.32. The average Bonchev–Trinajstić information content (AvgIpc) is 2.68. The third kappa shape index (κ3) is 6.42. The minimum absolute atomic E-state index is 0.285. The van der Waals surface area contributed by atoms with Crippen LogP contribution in [0.3, 0.4) is 0 Å². The molecule has 0 radical (unpaired) electrons. The Bertz CT molecular complexity index is 755. The zero-order chi connectivity index (χ0) is 19.5. The van der Waals surface area contributed by atoms with Crippen molar-refractivity contribution >= 4 is 17.6 Å². The summed E-state index contributed by atoms with van der Waals surface area (Å²) in [6.45, 7) is 5.47. The van der Waals surface area contributed by atoms with Crippen molar-refractivity contribution in [3.05, 3.63) is 53.9 Å². The minimum Gasteiger partial charge on any atom is -0.492 e. The molecule has 1 aromatic carbocycles. The van der Waals surface area contributed by atoms with Gasteiger partial charge in [0.25, 0.3) is 0 Å². The van der Waals surface area contributed by atoms with Crippen molar-refractivity contribution in [2.45, 2.75) is 13.8 Å². The molecule has 0 bridgehead atoms. The van der Waals surface area contributed by atoms with Crippen molar-refractivity contribution < 1.29 is 23.7 Å². The van der Waals surface area contributed by atoms with Crippen molar-refractivity contribution in [3.8, 4) is 11.5 Å². The fourth-order valence-electron chi connectivity index (χ4n) is 2.34. The van der Waals surface area contributed by atoms with E-state index in [4.69, 9.17) is 18.9 Å². The molecule has 6 nitrogen and oxygen atoms in total. The van der Waals surface area contributed by atoms with Crippen molar-refractivity contribution in [3.63, 3.8) is 0 Å². The molecule has 27 heavy (non-hydrogen) atoms. The Morgan fingerprint density at radius 2 is 1.89 bits per heavy atom. The lowest BCUT2D eigenvalue weighted by Crippen LogP contribution is -2.08. The van der Waals surface area contributed by atoms with E-state index < -0.39 is 5.97 Å². The van der Waals surface area contributed by atoms with E-state index in [1.807, 2.05) is 31.2 Å². The third-order valence-corrected chi connectivity index (χ3v) is 3.54. The molecule has 144 valence electrons. The Morgan fingerprint density at radius 1 is 1.04 bits per heavy atom. The van der Waals surface area contributed by atoms with Crippen LogP contribution in [-0.2, 0) is 14.3 Å².